The Morgan fingerprint density at radius 3 is 2.69 bits per heavy atom. The number of aryl methyl sites for hydroxylation is 2. The fraction of sp³-hybridized carbons (Fsp3) is 0.211. The number of rotatable bonds is 4. The minimum Gasteiger partial charge on any atom is -0.335 e. The molecule has 0 saturated carbocycles. The molecule has 3 aromatic heterocycles. The normalized spacial score (nSPS) is 11.2. The van der Waals surface area contributed by atoms with Crippen molar-refractivity contribution in [3.05, 3.63) is 63.1 Å². The van der Waals surface area contributed by atoms with Crippen LogP contribution in [0.15, 0.2) is 41.8 Å². The fourth-order valence-corrected chi connectivity index (χ4v) is 4.66. The van der Waals surface area contributed by atoms with Gasteiger partial charge in [-0.15, -0.1) is 22.7 Å². The molecule has 7 heteroatoms. The lowest BCUT2D eigenvalue weighted by Crippen LogP contribution is -2.25. The van der Waals surface area contributed by atoms with Crippen molar-refractivity contribution < 1.29 is 4.79 Å². The minimum atomic E-state index is 0.0101. The predicted molar refractivity (Wildman–Crippen MR) is 106 cm³/mol. The van der Waals surface area contributed by atoms with E-state index >= 15 is 0 Å². The molecule has 0 bridgehead atoms. The molecule has 0 aliphatic heterocycles. The number of carbonyl (C=O) groups is 1. The zero-order chi connectivity index (χ0) is 18.3. The summed E-state index contributed by atoms with van der Waals surface area (Å²) in [6, 6.07) is 11.9. The lowest BCUT2D eigenvalue weighted by Gasteiger charge is -2.14. The third kappa shape index (κ3) is 3.04. The zero-order valence-corrected chi connectivity index (χ0v) is 16.4. The van der Waals surface area contributed by atoms with Crippen molar-refractivity contribution in [3.63, 3.8) is 0 Å². The van der Waals surface area contributed by atoms with E-state index in [4.69, 9.17) is 0 Å². The number of para-hydroxylation sites is 1. The molecule has 0 spiro atoms. The molecule has 132 valence electrons. The van der Waals surface area contributed by atoms with Gasteiger partial charge in [0.1, 0.15) is 4.83 Å². The molecular weight excluding hydrogens is 364 g/mol. The van der Waals surface area contributed by atoms with Gasteiger partial charge in [-0.05, 0) is 32.0 Å². The van der Waals surface area contributed by atoms with Gasteiger partial charge < -0.3 is 4.90 Å². The van der Waals surface area contributed by atoms with E-state index in [0.29, 0.717) is 6.54 Å². The fourth-order valence-electron chi connectivity index (χ4n) is 2.88. The first-order chi connectivity index (χ1) is 12.5. The van der Waals surface area contributed by atoms with Crippen molar-refractivity contribution in [1.82, 2.24) is 19.7 Å². The summed E-state index contributed by atoms with van der Waals surface area (Å²) in [7, 11) is 1.82. The highest BCUT2D eigenvalue weighted by atomic mass is 32.1. The van der Waals surface area contributed by atoms with E-state index in [-0.39, 0.29) is 5.91 Å². The van der Waals surface area contributed by atoms with Crippen LogP contribution in [-0.4, -0.2) is 32.6 Å². The van der Waals surface area contributed by atoms with Crippen LogP contribution >= 0.6 is 22.7 Å². The molecule has 0 fully saturated rings. The van der Waals surface area contributed by atoms with Crippen LogP contribution < -0.4 is 0 Å². The molecule has 0 unspecified atom stereocenters. The molecule has 1 aromatic carbocycles. The van der Waals surface area contributed by atoms with Crippen molar-refractivity contribution >= 4 is 38.8 Å². The van der Waals surface area contributed by atoms with Gasteiger partial charge in [0.25, 0.3) is 5.91 Å². The molecule has 0 aliphatic rings. The summed E-state index contributed by atoms with van der Waals surface area (Å²) in [5, 5.41) is 8.67. The van der Waals surface area contributed by atoms with Gasteiger partial charge in [-0.1, -0.05) is 18.2 Å². The summed E-state index contributed by atoms with van der Waals surface area (Å²) in [4.78, 5) is 20.7. The quantitative estimate of drug-likeness (QED) is 0.524. The summed E-state index contributed by atoms with van der Waals surface area (Å²) >= 11 is 3.09. The number of hydrogen-bond acceptors (Lipinski definition) is 5. The van der Waals surface area contributed by atoms with Gasteiger partial charge in [0.05, 0.1) is 33.5 Å². The van der Waals surface area contributed by atoms with Crippen LogP contribution in [0.5, 0.6) is 0 Å². The molecule has 0 aliphatic carbocycles. The molecule has 5 nitrogen and oxygen atoms in total. The highest BCUT2D eigenvalue weighted by Crippen LogP contribution is 2.31. The Morgan fingerprint density at radius 1 is 1.23 bits per heavy atom. The first kappa shape index (κ1) is 16.9. The van der Waals surface area contributed by atoms with Crippen LogP contribution in [0.3, 0.4) is 0 Å². The molecule has 26 heavy (non-hydrogen) atoms. The van der Waals surface area contributed by atoms with Gasteiger partial charge >= 0.3 is 0 Å². The standard InChI is InChI=1S/C19H18N4OS2/c1-12-16-9-17(18(24)22(3)10-14-11-25-13(2)20-14)26-19(16)23(21-12)15-7-5-4-6-8-15/h4-9,11H,10H2,1-3H3. The van der Waals surface area contributed by atoms with Gasteiger partial charge in [-0.25, -0.2) is 9.67 Å². The van der Waals surface area contributed by atoms with Gasteiger partial charge in [-0.2, -0.15) is 5.10 Å². The number of nitrogens with zero attached hydrogens (tertiary/aromatic N) is 4. The van der Waals surface area contributed by atoms with E-state index in [1.807, 2.05) is 67.4 Å². The summed E-state index contributed by atoms with van der Waals surface area (Å²) in [6.45, 7) is 4.46. The second kappa shape index (κ2) is 6.66. The SMILES string of the molecule is Cc1nc(CN(C)C(=O)c2cc3c(C)nn(-c4ccccc4)c3s2)cs1. The molecule has 4 aromatic rings. The third-order valence-corrected chi connectivity index (χ3v) is 6.09. The van der Waals surface area contributed by atoms with Crippen LogP contribution in [0.4, 0.5) is 0 Å². The lowest BCUT2D eigenvalue weighted by atomic mass is 10.3. The number of carbonyl (C=O) groups excluding carboxylic acids is 1. The molecule has 4 rings (SSSR count). The number of hydrogen-bond donors (Lipinski definition) is 0. The van der Waals surface area contributed by atoms with Crippen molar-refractivity contribution in [2.75, 3.05) is 7.05 Å². The second-order valence-electron chi connectivity index (χ2n) is 6.18. The van der Waals surface area contributed by atoms with Gasteiger partial charge in [0.15, 0.2) is 0 Å². The molecule has 3 heterocycles. The maximum Gasteiger partial charge on any atom is 0.264 e. The smallest absolute Gasteiger partial charge is 0.264 e. The molecule has 0 N–H and O–H groups in total. The number of thiazole rings is 1. The van der Waals surface area contributed by atoms with Crippen molar-refractivity contribution in [2.24, 2.45) is 0 Å². The average Bonchev–Trinajstić information content (AvgIpc) is 3.32. The average molecular weight is 383 g/mol. The summed E-state index contributed by atoms with van der Waals surface area (Å²) in [5.41, 5.74) is 2.85. The first-order valence-electron chi connectivity index (χ1n) is 8.24. The van der Waals surface area contributed by atoms with E-state index in [9.17, 15) is 4.79 Å². The first-order valence-corrected chi connectivity index (χ1v) is 9.93. The van der Waals surface area contributed by atoms with E-state index in [0.717, 1.165) is 37.2 Å². The Hall–Kier alpha value is -2.51. The molecule has 0 radical (unpaired) electrons. The van der Waals surface area contributed by atoms with Gasteiger partial charge in [-0.3, -0.25) is 4.79 Å². The highest BCUT2D eigenvalue weighted by molar-refractivity contribution is 7.20. The van der Waals surface area contributed by atoms with E-state index in [2.05, 4.69) is 10.1 Å². The Balaban J connectivity index is 1.66. The van der Waals surface area contributed by atoms with Crippen molar-refractivity contribution in [2.45, 2.75) is 20.4 Å². The highest BCUT2D eigenvalue weighted by Gasteiger charge is 2.20. The molecular formula is C19H18N4OS2. The minimum absolute atomic E-state index is 0.0101. The number of benzene rings is 1. The maximum atomic E-state index is 12.9. The largest absolute Gasteiger partial charge is 0.335 e. The van der Waals surface area contributed by atoms with Crippen LogP contribution in [0.25, 0.3) is 15.9 Å². The topological polar surface area (TPSA) is 51.0 Å². The summed E-state index contributed by atoms with van der Waals surface area (Å²) in [5.74, 6) is 0.0101. The van der Waals surface area contributed by atoms with Gasteiger partial charge in [0, 0.05) is 17.8 Å². The Kier molecular flexibility index (Phi) is 4.34. The van der Waals surface area contributed by atoms with E-state index < -0.39 is 0 Å². The van der Waals surface area contributed by atoms with Gasteiger partial charge in [0.2, 0.25) is 0 Å². The maximum absolute atomic E-state index is 12.9. The number of thiophene rings is 1. The Bertz CT molecular complexity index is 1080. The number of fused-ring (bicyclic) bond motifs is 1. The summed E-state index contributed by atoms with van der Waals surface area (Å²) < 4.78 is 1.91. The molecule has 0 saturated heterocycles. The van der Waals surface area contributed by atoms with Crippen LogP contribution in [0.2, 0.25) is 0 Å². The summed E-state index contributed by atoms with van der Waals surface area (Å²) in [6.07, 6.45) is 0. The Labute approximate surface area is 159 Å². The molecule has 0 atom stereocenters. The number of amides is 1. The van der Waals surface area contributed by atoms with Crippen molar-refractivity contribution in [3.8, 4) is 5.69 Å². The van der Waals surface area contributed by atoms with Crippen LogP contribution in [0.1, 0.15) is 26.1 Å². The lowest BCUT2D eigenvalue weighted by molar-refractivity contribution is 0.0788. The second-order valence-corrected chi connectivity index (χ2v) is 8.27. The Morgan fingerprint density at radius 2 is 2.00 bits per heavy atom. The van der Waals surface area contributed by atoms with Crippen LogP contribution in [-0.2, 0) is 6.54 Å². The van der Waals surface area contributed by atoms with E-state index in [1.165, 1.54) is 11.3 Å². The van der Waals surface area contributed by atoms with E-state index in [1.54, 1.807) is 16.2 Å². The number of aromatic nitrogens is 3. The molecule has 1 amide bonds. The monoisotopic (exact) mass is 382 g/mol. The van der Waals surface area contributed by atoms with Crippen LogP contribution in [0, 0.1) is 13.8 Å². The predicted octanol–water partition coefficient (Wildman–Crippen LogP) is 4.43. The zero-order valence-electron chi connectivity index (χ0n) is 14.8. The third-order valence-electron chi connectivity index (χ3n) is 4.17. The van der Waals surface area contributed by atoms with Crippen molar-refractivity contribution in [1.29, 1.82) is 0 Å².